The molecule has 0 N–H and O–H groups in total. The number of nitrogens with zero attached hydrogens (tertiary/aromatic N) is 2. The normalized spacial score (nSPS) is 11.8. The standard InChI is InChI=1S/C13H7ClN2O/c14-11-7-12-15-10-6-5-8-3-1-2-4-9(8)13(10)16(12)17-11/h1-7H. The van der Waals surface area contributed by atoms with Crippen molar-refractivity contribution in [2.75, 3.05) is 0 Å². The molecule has 2 aromatic heterocycles. The van der Waals surface area contributed by atoms with Crippen molar-refractivity contribution in [1.82, 2.24) is 9.56 Å². The average molecular weight is 243 g/mol. The SMILES string of the molecule is Clc1cc2nc3ccc4ccccc4c3n2o1. The van der Waals surface area contributed by atoms with Crippen LogP contribution in [0.5, 0.6) is 0 Å². The van der Waals surface area contributed by atoms with Gasteiger partial charge < -0.3 is 4.52 Å². The van der Waals surface area contributed by atoms with Crippen molar-refractivity contribution in [2.24, 2.45) is 0 Å². The van der Waals surface area contributed by atoms with Crippen molar-refractivity contribution in [3.63, 3.8) is 0 Å². The van der Waals surface area contributed by atoms with Gasteiger partial charge in [0.1, 0.15) is 5.52 Å². The quantitative estimate of drug-likeness (QED) is 0.468. The number of halogens is 1. The smallest absolute Gasteiger partial charge is 0.226 e. The van der Waals surface area contributed by atoms with Crippen LogP contribution in [0.3, 0.4) is 0 Å². The predicted molar refractivity (Wildman–Crippen MR) is 67.5 cm³/mol. The Morgan fingerprint density at radius 1 is 1.12 bits per heavy atom. The Morgan fingerprint density at radius 3 is 2.94 bits per heavy atom. The maximum absolute atomic E-state index is 5.85. The lowest BCUT2D eigenvalue weighted by Gasteiger charge is -1.98. The van der Waals surface area contributed by atoms with Crippen molar-refractivity contribution in [2.45, 2.75) is 0 Å². The summed E-state index contributed by atoms with van der Waals surface area (Å²) in [6.45, 7) is 0. The Balaban J connectivity index is 2.36. The number of rotatable bonds is 0. The van der Waals surface area contributed by atoms with E-state index >= 15 is 0 Å². The van der Waals surface area contributed by atoms with E-state index in [0.717, 1.165) is 27.5 Å². The largest absolute Gasteiger partial charge is 0.360 e. The molecule has 0 bridgehead atoms. The summed E-state index contributed by atoms with van der Waals surface area (Å²) in [5.41, 5.74) is 2.62. The molecule has 3 nitrogen and oxygen atoms in total. The summed E-state index contributed by atoms with van der Waals surface area (Å²) in [7, 11) is 0. The Morgan fingerprint density at radius 2 is 2.00 bits per heavy atom. The number of aromatic nitrogens is 2. The van der Waals surface area contributed by atoms with Gasteiger partial charge in [0.15, 0.2) is 5.65 Å². The molecule has 4 heteroatoms. The zero-order valence-electron chi connectivity index (χ0n) is 8.72. The third-order valence-corrected chi connectivity index (χ3v) is 3.12. The predicted octanol–water partition coefficient (Wildman–Crippen LogP) is 3.89. The highest BCUT2D eigenvalue weighted by molar-refractivity contribution is 6.29. The molecule has 2 heterocycles. The summed E-state index contributed by atoms with van der Waals surface area (Å²) < 4.78 is 7.13. The number of hydrogen-bond acceptors (Lipinski definition) is 2. The van der Waals surface area contributed by atoms with E-state index in [4.69, 9.17) is 16.1 Å². The summed E-state index contributed by atoms with van der Waals surface area (Å²) in [6.07, 6.45) is 0. The third kappa shape index (κ3) is 1.14. The number of imidazole rings is 1. The minimum Gasteiger partial charge on any atom is -0.360 e. The lowest BCUT2D eigenvalue weighted by Crippen LogP contribution is -1.79. The van der Waals surface area contributed by atoms with Crippen LogP contribution in [0.2, 0.25) is 5.22 Å². The van der Waals surface area contributed by atoms with Crippen LogP contribution in [0, 0.1) is 0 Å². The summed E-state index contributed by atoms with van der Waals surface area (Å²) in [4.78, 5) is 4.47. The fraction of sp³-hybridized carbons (Fsp3) is 0. The molecule has 0 aliphatic carbocycles. The van der Waals surface area contributed by atoms with E-state index in [1.807, 2.05) is 18.2 Å². The van der Waals surface area contributed by atoms with E-state index in [-0.39, 0.29) is 0 Å². The maximum Gasteiger partial charge on any atom is 0.226 e. The highest BCUT2D eigenvalue weighted by Crippen LogP contribution is 2.28. The van der Waals surface area contributed by atoms with E-state index in [0.29, 0.717) is 5.22 Å². The van der Waals surface area contributed by atoms with Gasteiger partial charge >= 0.3 is 0 Å². The first-order valence-corrected chi connectivity index (χ1v) is 5.66. The Labute approximate surface area is 101 Å². The minimum atomic E-state index is 0.349. The first-order valence-electron chi connectivity index (χ1n) is 5.29. The molecule has 17 heavy (non-hydrogen) atoms. The van der Waals surface area contributed by atoms with Crippen molar-refractivity contribution in [1.29, 1.82) is 0 Å². The molecular formula is C13H7ClN2O. The van der Waals surface area contributed by atoms with Crippen LogP contribution in [0.1, 0.15) is 0 Å². The average Bonchev–Trinajstić information content (AvgIpc) is 2.84. The van der Waals surface area contributed by atoms with Gasteiger partial charge in [-0.1, -0.05) is 30.3 Å². The molecule has 2 aromatic carbocycles. The highest BCUT2D eigenvalue weighted by Gasteiger charge is 2.11. The van der Waals surface area contributed by atoms with Crippen LogP contribution in [0.25, 0.3) is 27.5 Å². The van der Waals surface area contributed by atoms with Crippen LogP contribution in [-0.4, -0.2) is 9.56 Å². The van der Waals surface area contributed by atoms with Gasteiger partial charge in [-0.3, -0.25) is 0 Å². The van der Waals surface area contributed by atoms with Crippen molar-refractivity contribution in [3.05, 3.63) is 47.7 Å². The molecule has 4 rings (SSSR count). The van der Waals surface area contributed by atoms with E-state index in [1.54, 1.807) is 10.6 Å². The molecule has 0 spiro atoms. The molecule has 0 saturated heterocycles. The summed E-state index contributed by atoms with van der Waals surface area (Å²) in [5, 5.41) is 2.63. The van der Waals surface area contributed by atoms with Gasteiger partial charge in [-0.15, -0.1) is 0 Å². The van der Waals surface area contributed by atoms with E-state index in [2.05, 4.69) is 23.2 Å². The fourth-order valence-electron chi connectivity index (χ4n) is 2.23. The number of fused-ring (bicyclic) bond motifs is 5. The van der Waals surface area contributed by atoms with Gasteiger partial charge in [0.2, 0.25) is 5.22 Å². The molecule has 0 amide bonds. The fourth-order valence-corrected chi connectivity index (χ4v) is 2.40. The van der Waals surface area contributed by atoms with Gasteiger partial charge in [0.25, 0.3) is 0 Å². The lowest BCUT2D eigenvalue weighted by atomic mass is 10.1. The second-order valence-electron chi connectivity index (χ2n) is 3.96. The van der Waals surface area contributed by atoms with Crippen LogP contribution >= 0.6 is 11.6 Å². The Bertz CT molecular complexity index is 860. The van der Waals surface area contributed by atoms with E-state index in [1.165, 1.54) is 0 Å². The maximum atomic E-state index is 5.85. The molecule has 0 atom stereocenters. The first kappa shape index (κ1) is 9.07. The van der Waals surface area contributed by atoms with Gasteiger partial charge in [0, 0.05) is 11.5 Å². The number of hydrogen-bond donors (Lipinski definition) is 0. The van der Waals surface area contributed by atoms with E-state index < -0.39 is 0 Å². The van der Waals surface area contributed by atoms with Gasteiger partial charge in [-0.25, -0.2) is 4.98 Å². The van der Waals surface area contributed by atoms with Crippen LogP contribution < -0.4 is 0 Å². The molecule has 0 aliphatic heterocycles. The van der Waals surface area contributed by atoms with Crippen molar-refractivity contribution in [3.8, 4) is 0 Å². The zero-order chi connectivity index (χ0) is 11.4. The van der Waals surface area contributed by atoms with Gasteiger partial charge in [-0.2, -0.15) is 4.57 Å². The molecule has 0 radical (unpaired) electrons. The lowest BCUT2D eigenvalue weighted by molar-refractivity contribution is 0.391. The molecule has 82 valence electrons. The molecular weight excluding hydrogens is 236 g/mol. The molecule has 0 aliphatic rings. The summed E-state index contributed by atoms with van der Waals surface area (Å²) in [6, 6.07) is 13.9. The minimum absolute atomic E-state index is 0.349. The second kappa shape index (κ2) is 3.02. The highest BCUT2D eigenvalue weighted by atomic mass is 35.5. The van der Waals surface area contributed by atoms with Crippen LogP contribution in [0.15, 0.2) is 47.0 Å². The Hall–Kier alpha value is -2.00. The Kier molecular flexibility index (Phi) is 1.61. The van der Waals surface area contributed by atoms with Gasteiger partial charge in [0.05, 0.1) is 5.52 Å². The summed E-state index contributed by atoms with van der Waals surface area (Å²) >= 11 is 5.85. The second-order valence-corrected chi connectivity index (χ2v) is 4.33. The number of benzene rings is 2. The molecule has 0 saturated carbocycles. The topological polar surface area (TPSA) is 30.4 Å². The van der Waals surface area contributed by atoms with Crippen LogP contribution in [-0.2, 0) is 0 Å². The van der Waals surface area contributed by atoms with Crippen LogP contribution in [0.4, 0.5) is 0 Å². The monoisotopic (exact) mass is 242 g/mol. The molecule has 4 aromatic rings. The van der Waals surface area contributed by atoms with Crippen molar-refractivity contribution < 1.29 is 4.52 Å². The van der Waals surface area contributed by atoms with Crippen molar-refractivity contribution >= 4 is 39.1 Å². The molecule has 0 fully saturated rings. The van der Waals surface area contributed by atoms with Gasteiger partial charge in [-0.05, 0) is 23.1 Å². The summed E-state index contributed by atoms with van der Waals surface area (Å²) in [5.74, 6) is 0. The first-order chi connectivity index (χ1) is 8.33. The zero-order valence-corrected chi connectivity index (χ0v) is 9.48. The molecule has 0 unspecified atom stereocenters. The third-order valence-electron chi connectivity index (χ3n) is 2.95. The van der Waals surface area contributed by atoms with E-state index in [9.17, 15) is 0 Å².